The van der Waals surface area contributed by atoms with Crippen LogP contribution in [0.4, 0.5) is 5.82 Å². The molecule has 0 aromatic carbocycles. The van der Waals surface area contributed by atoms with Crippen molar-refractivity contribution in [3.8, 4) is 0 Å². The lowest BCUT2D eigenvalue weighted by atomic mass is 10.4. The lowest BCUT2D eigenvalue weighted by molar-refractivity contribution is -0.389. The number of aryl methyl sites for hydroxylation is 1. The summed E-state index contributed by atoms with van der Waals surface area (Å²) in [6.45, 7) is 2.39. The second-order valence-electron chi connectivity index (χ2n) is 5.23. The van der Waals surface area contributed by atoms with Crippen LogP contribution in [0, 0.1) is 23.0 Å². The van der Waals surface area contributed by atoms with Gasteiger partial charge < -0.3 is 20.0 Å². The van der Waals surface area contributed by atoms with Crippen LogP contribution in [0.3, 0.4) is 0 Å². The van der Waals surface area contributed by atoms with E-state index in [1.807, 2.05) is 0 Å². The number of nitrogens with one attached hydrogen (secondary N) is 1. The predicted molar refractivity (Wildman–Crippen MR) is 72.1 cm³/mol. The average Bonchev–Trinajstić information content (AvgIpc) is 3.07. The van der Waals surface area contributed by atoms with Gasteiger partial charge in [0.15, 0.2) is 5.82 Å². The third kappa shape index (κ3) is 3.10. The van der Waals surface area contributed by atoms with Crippen molar-refractivity contribution in [2.24, 2.45) is 5.92 Å². The number of nitrogens with zero attached hydrogens (tertiary/aromatic N) is 5. The Morgan fingerprint density at radius 2 is 2.36 bits per heavy atom. The summed E-state index contributed by atoms with van der Waals surface area (Å²) < 4.78 is 6.28. The van der Waals surface area contributed by atoms with Crippen LogP contribution in [0.5, 0.6) is 0 Å². The van der Waals surface area contributed by atoms with E-state index in [9.17, 15) is 14.9 Å². The number of hydrogen-bond acceptors (Lipinski definition) is 7. The summed E-state index contributed by atoms with van der Waals surface area (Å²) in [4.78, 5) is 25.9. The first-order chi connectivity index (χ1) is 10.5. The molecule has 22 heavy (non-hydrogen) atoms. The molecule has 0 bridgehead atoms. The molecule has 1 fully saturated rings. The first-order valence-corrected chi connectivity index (χ1v) is 6.82. The van der Waals surface area contributed by atoms with Gasteiger partial charge in [-0.05, 0) is 30.6 Å². The van der Waals surface area contributed by atoms with Crippen molar-refractivity contribution in [3.63, 3.8) is 0 Å². The third-order valence-corrected chi connectivity index (χ3v) is 3.36. The van der Waals surface area contributed by atoms with Gasteiger partial charge in [-0.2, -0.15) is 9.67 Å². The van der Waals surface area contributed by atoms with E-state index in [4.69, 9.17) is 4.52 Å². The Morgan fingerprint density at radius 3 is 3.00 bits per heavy atom. The zero-order chi connectivity index (χ0) is 15.7. The molecule has 2 heterocycles. The predicted octanol–water partition coefficient (Wildman–Crippen LogP) is 0.671. The Kier molecular flexibility index (Phi) is 3.57. The summed E-state index contributed by atoms with van der Waals surface area (Å²) in [5.74, 6) is 0.0171. The van der Waals surface area contributed by atoms with Crippen molar-refractivity contribution in [2.75, 3.05) is 6.54 Å². The number of amides is 1. The highest BCUT2D eigenvalue weighted by Crippen LogP contribution is 2.27. The van der Waals surface area contributed by atoms with E-state index >= 15 is 0 Å². The minimum atomic E-state index is -0.573. The molecule has 116 valence electrons. The number of hydrogen-bond donors (Lipinski definition) is 1. The van der Waals surface area contributed by atoms with Crippen molar-refractivity contribution in [3.05, 3.63) is 33.6 Å². The zero-order valence-corrected chi connectivity index (χ0v) is 11.9. The van der Waals surface area contributed by atoms with E-state index in [1.165, 1.54) is 10.7 Å². The van der Waals surface area contributed by atoms with Crippen LogP contribution in [0.1, 0.15) is 35.0 Å². The smallest absolute Gasteiger partial charge is 0.358 e. The van der Waals surface area contributed by atoms with Crippen LogP contribution < -0.4 is 5.32 Å². The summed E-state index contributed by atoms with van der Waals surface area (Å²) in [5, 5.41) is 20.9. The lowest BCUT2D eigenvalue weighted by Gasteiger charge is -1.98. The molecule has 0 saturated heterocycles. The highest BCUT2D eigenvalue weighted by Gasteiger charge is 2.24. The van der Waals surface area contributed by atoms with Crippen LogP contribution in [0.25, 0.3) is 0 Å². The summed E-state index contributed by atoms with van der Waals surface area (Å²) >= 11 is 0. The SMILES string of the molecule is Cc1cc([N+](=O)[O-])nn1Cc1noc(C(=O)NCC2CC2)n1. The maximum absolute atomic E-state index is 11.8. The fraction of sp³-hybridized carbons (Fsp3) is 0.500. The fourth-order valence-electron chi connectivity index (χ4n) is 1.92. The molecule has 1 aliphatic carbocycles. The van der Waals surface area contributed by atoms with Crippen LogP contribution in [-0.2, 0) is 6.54 Å². The molecule has 0 aliphatic heterocycles. The molecule has 1 N–H and O–H groups in total. The summed E-state index contributed by atoms with van der Waals surface area (Å²) in [7, 11) is 0. The van der Waals surface area contributed by atoms with Gasteiger partial charge in [0.05, 0.1) is 16.9 Å². The van der Waals surface area contributed by atoms with Gasteiger partial charge in [0.2, 0.25) is 0 Å². The molecule has 2 aromatic rings. The molecule has 1 saturated carbocycles. The van der Waals surface area contributed by atoms with Crippen molar-refractivity contribution in [1.29, 1.82) is 0 Å². The topological polar surface area (TPSA) is 129 Å². The highest BCUT2D eigenvalue weighted by molar-refractivity contribution is 5.89. The maximum Gasteiger partial charge on any atom is 0.390 e. The number of carbonyl (C=O) groups is 1. The first kappa shape index (κ1) is 14.2. The van der Waals surface area contributed by atoms with Gasteiger partial charge >= 0.3 is 17.6 Å². The molecule has 0 unspecified atom stereocenters. The molecule has 0 spiro atoms. The van der Waals surface area contributed by atoms with E-state index in [1.54, 1.807) is 6.92 Å². The van der Waals surface area contributed by atoms with Gasteiger partial charge in [-0.25, -0.2) is 0 Å². The number of nitro groups is 1. The van der Waals surface area contributed by atoms with E-state index in [2.05, 4.69) is 20.6 Å². The quantitative estimate of drug-likeness (QED) is 0.613. The molecule has 0 radical (unpaired) electrons. The minimum absolute atomic E-state index is 0.0963. The van der Waals surface area contributed by atoms with Crippen LogP contribution in [-0.4, -0.2) is 37.3 Å². The zero-order valence-electron chi connectivity index (χ0n) is 11.9. The molecule has 0 atom stereocenters. The Bertz CT molecular complexity index is 717. The first-order valence-electron chi connectivity index (χ1n) is 6.82. The Labute approximate surface area is 124 Å². The lowest BCUT2D eigenvalue weighted by Crippen LogP contribution is -2.25. The van der Waals surface area contributed by atoms with Crippen LogP contribution in [0.15, 0.2) is 10.6 Å². The average molecular weight is 306 g/mol. The standard InChI is InChI=1S/C12H14N6O4/c1-7-4-10(18(20)21)15-17(7)6-9-14-12(22-16-9)11(19)13-5-8-2-3-8/h4,8H,2-3,5-6H2,1H3,(H,13,19). The normalized spacial score (nSPS) is 14.0. The Morgan fingerprint density at radius 1 is 1.59 bits per heavy atom. The van der Waals surface area contributed by atoms with E-state index < -0.39 is 10.8 Å². The summed E-state index contributed by atoms with van der Waals surface area (Å²) in [6.07, 6.45) is 2.26. The molecule has 10 nitrogen and oxygen atoms in total. The third-order valence-electron chi connectivity index (χ3n) is 3.36. The molecule has 10 heteroatoms. The van der Waals surface area contributed by atoms with E-state index in [0.29, 0.717) is 18.2 Å². The molecule has 2 aromatic heterocycles. The molecule has 1 aliphatic rings. The van der Waals surface area contributed by atoms with Crippen LogP contribution >= 0.6 is 0 Å². The van der Waals surface area contributed by atoms with Gasteiger partial charge in [0.25, 0.3) is 0 Å². The minimum Gasteiger partial charge on any atom is -0.358 e. The summed E-state index contributed by atoms with van der Waals surface area (Å²) in [5.41, 5.74) is 0.594. The molecule has 3 rings (SSSR count). The van der Waals surface area contributed by atoms with Crippen molar-refractivity contribution >= 4 is 11.7 Å². The molecule has 1 amide bonds. The number of aromatic nitrogens is 4. The van der Waals surface area contributed by atoms with Gasteiger partial charge in [-0.1, -0.05) is 5.16 Å². The number of rotatable bonds is 6. The van der Waals surface area contributed by atoms with Gasteiger partial charge in [0.1, 0.15) is 6.54 Å². The van der Waals surface area contributed by atoms with E-state index in [-0.39, 0.29) is 24.1 Å². The molecular formula is C12H14N6O4. The largest absolute Gasteiger partial charge is 0.390 e. The number of carbonyl (C=O) groups excluding carboxylic acids is 1. The Hall–Kier alpha value is -2.78. The monoisotopic (exact) mass is 306 g/mol. The van der Waals surface area contributed by atoms with Crippen molar-refractivity contribution in [1.82, 2.24) is 25.2 Å². The second kappa shape index (κ2) is 5.54. The van der Waals surface area contributed by atoms with Crippen LogP contribution in [0.2, 0.25) is 0 Å². The highest BCUT2D eigenvalue weighted by atomic mass is 16.6. The van der Waals surface area contributed by atoms with Gasteiger partial charge in [-0.3, -0.25) is 4.79 Å². The Balaban J connectivity index is 1.65. The van der Waals surface area contributed by atoms with Crippen molar-refractivity contribution in [2.45, 2.75) is 26.3 Å². The fourth-order valence-corrected chi connectivity index (χ4v) is 1.92. The van der Waals surface area contributed by atoms with Gasteiger partial charge in [0, 0.05) is 6.54 Å². The second-order valence-corrected chi connectivity index (χ2v) is 5.23. The van der Waals surface area contributed by atoms with Crippen molar-refractivity contribution < 1.29 is 14.2 Å². The summed E-state index contributed by atoms with van der Waals surface area (Å²) in [6, 6.07) is 1.35. The van der Waals surface area contributed by atoms with Gasteiger partial charge in [-0.15, -0.1) is 0 Å². The van der Waals surface area contributed by atoms with E-state index in [0.717, 1.165) is 12.8 Å². The maximum atomic E-state index is 11.8. The molecular weight excluding hydrogens is 292 g/mol.